The maximum atomic E-state index is 12.6. The summed E-state index contributed by atoms with van der Waals surface area (Å²) in [6.07, 6.45) is 3.51. The van der Waals surface area contributed by atoms with Crippen molar-refractivity contribution >= 4 is 23.3 Å². The number of benzene rings is 1. The van der Waals surface area contributed by atoms with Gasteiger partial charge in [0.05, 0.1) is 11.6 Å². The fourth-order valence-electron chi connectivity index (χ4n) is 2.97. The van der Waals surface area contributed by atoms with E-state index in [0.717, 1.165) is 11.1 Å². The lowest BCUT2D eigenvalue weighted by Crippen LogP contribution is -2.30. The standard InChI is InChI=1S/C19H17ClN2O3/c1-2-15(23)16-17(13-5-7-14(20)8-6-13)22(19(25)18(16)24)11-12-4-3-9-21-10-12/h3-10,17,24H,2,11H2,1H3. The van der Waals surface area contributed by atoms with E-state index in [1.165, 1.54) is 4.90 Å². The van der Waals surface area contributed by atoms with Gasteiger partial charge in [0.1, 0.15) is 0 Å². The first-order valence-corrected chi connectivity index (χ1v) is 8.32. The van der Waals surface area contributed by atoms with Crippen molar-refractivity contribution < 1.29 is 14.7 Å². The van der Waals surface area contributed by atoms with Crippen LogP contribution >= 0.6 is 11.6 Å². The van der Waals surface area contributed by atoms with Gasteiger partial charge in [-0.2, -0.15) is 0 Å². The van der Waals surface area contributed by atoms with Crippen LogP contribution in [0.5, 0.6) is 0 Å². The van der Waals surface area contributed by atoms with Crippen LogP contribution < -0.4 is 0 Å². The number of Topliss-reactive ketones (excluding diaryl/α,β-unsaturated/α-hetero) is 1. The minimum absolute atomic E-state index is 0.138. The molecule has 3 rings (SSSR count). The molecule has 1 atom stereocenters. The first-order valence-electron chi connectivity index (χ1n) is 7.94. The molecule has 1 unspecified atom stereocenters. The Morgan fingerprint density at radius 3 is 2.60 bits per heavy atom. The van der Waals surface area contributed by atoms with Gasteiger partial charge < -0.3 is 10.0 Å². The summed E-state index contributed by atoms with van der Waals surface area (Å²) in [5, 5.41) is 10.9. The van der Waals surface area contributed by atoms with E-state index >= 15 is 0 Å². The smallest absolute Gasteiger partial charge is 0.290 e. The Kier molecular flexibility index (Phi) is 4.86. The van der Waals surface area contributed by atoms with Crippen molar-refractivity contribution in [3.05, 3.63) is 76.3 Å². The monoisotopic (exact) mass is 356 g/mol. The topological polar surface area (TPSA) is 70.5 Å². The molecule has 0 bridgehead atoms. The Morgan fingerprint density at radius 1 is 1.28 bits per heavy atom. The molecule has 128 valence electrons. The SMILES string of the molecule is CCC(=O)C1=C(O)C(=O)N(Cc2cccnc2)C1c1ccc(Cl)cc1. The minimum atomic E-state index is -0.641. The Morgan fingerprint density at radius 2 is 2.00 bits per heavy atom. The summed E-state index contributed by atoms with van der Waals surface area (Å²) in [4.78, 5) is 30.5. The van der Waals surface area contributed by atoms with Gasteiger partial charge in [0.15, 0.2) is 11.5 Å². The van der Waals surface area contributed by atoms with Gasteiger partial charge in [0.25, 0.3) is 5.91 Å². The number of nitrogens with zero attached hydrogens (tertiary/aromatic N) is 2. The van der Waals surface area contributed by atoms with E-state index in [-0.39, 0.29) is 24.3 Å². The van der Waals surface area contributed by atoms with E-state index in [1.807, 2.05) is 6.07 Å². The molecule has 2 aromatic rings. The average Bonchev–Trinajstić information content (AvgIpc) is 2.87. The highest BCUT2D eigenvalue weighted by Gasteiger charge is 2.42. The molecule has 1 N–H and O–H groups in total. The number of pyridine rings is 1. The zero-order valence-corrected chi connectivity index (χ0v) is 14.4. The number of aromatic nitrogens is 1. The normalized spacial score (nSPS) is 17.3. The van der Waals surface area contributed by atoms with Gasteiger partial charge in [0.2, 0.25) is 0 Å². The second-order valence-electron chi connectivity index (χ2n) is 5.79. The number of halogens is 1. The quantitative estimate of drug-likeness (QED) is 0.888. The predicted molar refractivity (Wildman–Crippen MR) is 93.9 cm³/mol. The van der Waals surface area contributed by atoms with Gasteiger partial charge in [-0.1, -0.05) is 36.7 Å². The first-order chi connectivity index (χ1) is 12.0. The number of hydrogen-bond acceptors (Lipinski definition) is 4. The van der Waals surface area contributed by atoms with Crippen molar-refractivity contribution in [2.45, 2.75) is 25.9 Å². The average molecular weight is 357 g/mol. The highest BCUT2D eigenvalue weighted by atomic mass is 35.5. The Bertz CT molecular complexity index is 832. The summed E-state index contributed by atoms with van der Waals surface area (Å²) in [5.41, 5.74) is 1.68. The highest BCUT2D eigenvalue weighted by molar-refractivity contribution is 6.30. The molecule has 0 saturated heterocycles. The van der Waals surface area contributed by atoms with Crippen LogP contribution in [0.25, 0.3) is 0 Å². The van der Waals surface area contributed by atoms with Gasteiger partial charge >= 0.3 is 0 Å². The zero-order chi connectivity index (χ0) is 18.0. The number of aliphatic hydroxyl groups is 1. The van der Waals surface area contributed by atoms with Crippen LogP contribution in [-0.4, -0.2) is 26.7 Å². The summed E-state index contributed by atoms with van der Waals surface area (Å²) in [5.74, 6) is -1.28. The molecule has 1 aliphatic heterocycles. The van der Waals surface area contributed by atoms with Crippen molar-refractivity contribution in [3.8, 4) is 0 Å². The number of rotatable bonds is 5. The first kappa shape index (κ1) is 17.2. The molecule has 0 aliphatic carbocycles. The molecule has 0 radical (unpaired) electrons. The fourth-order valence-corrected chi connectivity index (χ4v) is 3.10. The molecule has 6 heteroatoms. The van der Waals surface area contributed by atoms with Crippen molar-refractivity contribution in [1.82, 2.24) is 9.88 Å². The molecule has 1 aliphatic rings. The Hall–Kier alpha value is -2.66. The maximum Gasteiger partial charge on any atom is 0.290 e. The number of amides is 1. The van der Waals surface area contributed by atoms with E-state index in [0.29, 0.717) is 5.02 Å². The van der Waals surface area contributed by atoms with E-state index in [2.05, 4.69) is 4.98 Å². The lowest BCUT2D eigenvalue weighted by molar-refractivity contribution is -0.130. The van der Waals surface area contributed by atoms with Crippen molar-refractivity contribution in [2.24, 2.45) is 0 Å². The number of ketones is 1. The highest BCUT2D eigenvalue weighted by Crippen LogP contribution is 2.39. The van der Waals surface area contributed by atoms with Gasteiger partial charge in [0, 0.05) is 30.4 Å². The zero-order valence-electron chi connectivity index (χ0n) is 13.6. The summed E-state index contributed by atoms with van der Waals surface area (Å²) in [6.45, 7) is 1.94. The lowest BCUT2D eigenvalue weighted by atomic mass is 9.95. The third-order valence-electron chi connectivity index (χ3n) is 4.19. The molecule has 25 heavy (non-hydrogen) atoms. The van der Waals surface area contributed by atoms with E-state index in [1.54, 1.807) is 49.6 Å². The van der Waals surface area contributed by atoms with Crippen LogP contribution in [-0.2, 0) is 16.1 Å². The van der Waals surface area contributed by atoms with Crippen molar-refractivity contribution in [2.75, 3.05) is 0 Å². The summed E-state index contributed by atoms with van der Waals surface area (Å²) >= 11 is 5.95. The molecule has 1 aromatic heterocycles. The molecule has 2 heterocycles. The van der Waals surface area contributed by atoms with Crippen LogP contribution in [0, 0.1) is 0 Å². The molecule has 1 aromatic carbocycles. The van der Waals surface area contributed by atoms with E-state index in [4.69, 9.17) is 11.6 Å². The molecular weight excluding hydrogens is 340 g/mol. The second-order valence-corrected chi connectivity index (χ2v) is 6.22. The van der Waals surface area contributed by atoms with Gasteiger partial charge in [-0.25, -0.2) is 0 Å². The predicted octanol–water partition coefficient (Wildman–Crippen LogP) is 3.61. The third kappa shape index (κ3) is 3.28. The van der Waals surface area contributed by atoms with Crippen LogP contribution in [0.3, 0.4) is 0 Å². The van der Waals surface area contributed by atoms with Gasteiger partial charge in [-0.15, -0.1) is 0 Å². The van der Waals surface area contributed by atoms with Crippen molar-refractivity contribution in [3.63, 3.8) is 0 Å². The molecule has 0 fully saturated rings. The van der Waals surface area contributed by atoms with Crippen LogP contribution in [0.2, 0.25) is 5.02 Å². The molecule has 1 amide bonds. The summed E-state index contributed by atoms with van der Waals surface area (Å²) in [6, 6.07) is 9.90. The van der Waals surface area contributed by atoms with Crippen LogP contribution in [0.15, 0.2) is 60.1 Å². The van der Waals surface area contributed by atoms with Gasteiger partial charge in [-0.3, -0.25) is 14.6 Å². The van der Waals surface area contributed by atoms with E-state index in [9.17, 15) is 14.7 Å². The van der Waals surface area contributed by atoms with Crippen LogP contribution in [0.1, 0.15) is 30.5 Å². The lowest BCUT2D eigenvalue weighted by Gasteiger charge is -2.26. The largest absolute Gasteiger partial charge is 0.503 e. The number of hydrogen-bond donors (Lipinski definition) is 1. The summed E-state index contributed by atoms with van der Waals surface area (Å²) < 4.78 is 0. The molecule has 0 saturated carbocycles. The summed E-state index contributed by atoms with van der Waals surface area (Å²) in [7, 11) is 0. The number of aliphatic hydroxyl groups excluding tert-OH is 1. The number of carbonyl (C=O) groups is 2. The molecule has 0 spiro atoms. The maximum absolute atomic E-state index is 12.6. The Balaban J connectivity index is 2.05. The number of carbonyl (C=O) groups excluding carboxylic acids is 2. The molecule has 5 nitrogen and oxygen atoms in total. The van der Waals surface area contributed by atoms with Crippen LogP contribution in [0.4, 0.5) is 0 Å². The van der Waals surface area contributed by atoms with E-state index < -0.39 is 17.7 Å². The Labute approximate surface area is 150 Å². The second kappa shape index (κ2) is 7.07. The third-order valence-corrected chi connectivity index (χ3v) is 4.44. The fraction of sp³-hybridized carbons (Fsp3) is 0.211. The van der Waals surface area contributed by atoms with Crippen molar-refractivity contribution in [1.29, 1.82) is 0 Å². The van der Waals surface area contributed by atoms with Gasteiger partial charge in [-0.05, 0) is 29.3 Å². The molecular formula is C19H17ClN2O3. The minimum Gasteiger partial charge on any atom is -0.503 e.